The van der Waals surface area contributed by atoms with Crippen LogP contribution >= 0.6 is 11.6 Å². The first-order chi connectivity index (χ1) is 14.0. The van der Waals surface area contributed by atoms with Crippen LogP contribution in [0.3, 0.4) is 0 Å². The van der Waals surface area contributed by atoms with E-state index < -0.39 is 0 Å². The molecule has 148 valence electrons. The minimum Gasteiger partial charge on any atom is -0.360 e. The van der Waals surface area contributed by atoms with Crippen LogP contribution in [0.5, 0.6) is 0 Å². The van der Waals surface area contributed by atoms with Gasteiger partial charge >= 0.3 is 0 Å². The Bertz CT molecular complexity index is 1120. The molecule has 0 saturated carbocycles. The molecule has 29 heavy (non-hydrogen) atoms. The summed E-state index contributed by atoms with van der Waals surface area (Å²) >= 11 is 6.44. The van der Waals surface area contributed by atoms with Crippen molar-refractivity contribution in [2.24, 2.45) is 0 Å². The Morgan fingerprint density at radius 2 is 1.86 bits per heavy atom. The highest BCUT2D eigenvalue weighted by atomic mass is 35.5. The van der Waals surface area contributed by atoms with Crippen molar-refractivity contribution in [3.05, 3.63) is 88.7 Å². The van der Waals surface area contributed by atoms with E-state index in [-0.39, 0.29) is 5.82 Å². The van der Waals surface area contributed by atoms with Gasteiger partial charge in [-0.3, -0.25) is 4.90 Å². The second-order valence-corrected chi connectivity index (χ2v) is 7.42. The van der Waals surface area contributed by atoms with Crippen molar-refractivity contribution < 1.29 is 8.91 Å². The van der Waals surface area contributed by atoms with Gasteiger partial charge in [-0.05, 0) is 44.3 Å². The molecular weight excluding hydrogens is 391 g/mol. The number of hydrogen-bond acceptors (Lipinski definition) is 4. The molecule has 0 spiro atoms. The summed E-state index contributed by atoms with van der Waals surface area (Å²) in [6.07, 6.45) is 1.95. The zero-order valence-corrected chi connectivity index (χ0v) is 16.9. The number of aromatic nitrogens is 3. The molecule has 0 amide bonds. The molecule has 0 saturated heterocycles. The first-order valence-electron chi connectivity index (χ1n) is 9.20. The lowest BCUT2D eigenvalue weighted by atomic mass is 10.1. The molecule has 4 aromatic rings. The lowest BCUT2D eigenvalue weighted by molar-refractivity contribution is 0.266. The number of halogens is 2. The summed E-state index contributed by atoms with van der Waals surface area (Å²) in [5.41, 5.74) is 4.28. The molecule has 0 aliphatic rings. The van der Waals surface area contributed by atoms with Crippen LogP contribution in [-0.4, -0.2) is 26.9 Å². The number of nitrogens with zero attached hydrogens (tertiary/aromatic N) is 4. The fraction of sp³-hybridized carbons (Fsp3) is 0.182. The molecule has 2 heterocycles. The fourth-order valence-corrected chi connectivity index (χ4v) is 3.46. The highest BCUT2D eigenvalue weighted by molar-refractivity contribution is 6.33. The van der Waals surface area contributed by atoms with Crippen molar-refractivity contribution in [3.63, 3.8) is 0 Å². The van der Waals surface area contributed by atoms with Gasteiger partial charge in [0.15, 0.2) is 5.76 Å². The number of rotatable bonds is 6. The predicted octanol–water partition coefficient (Wildman–Crippen LogP) is 5.26. The first kappa shape index (κ1) is 19.4. The Morgan fingerprint density at radius 3 is 2.55 bits per heavy atom. The van der Waals surface area contributed by atoms with Crippen molar-refractivity contribution >= 4 is 11.6 Å². The highest BCUT2D eigenvalue weighted by Crippen LogP contribution is 2.30. The van der Waals surface area contributed by atoms with Crippen LogP contribution in [0.2, 0.25) is 5.02 Å². The third-order valence-electron chi connectivity index (χ3n) is 4.55. The molecule has 0 radical (unpaired) electrons. The largest absolute Gasteiger partial charge is 0.360 e. The minimum absolute atomic E-state index is 0.283. The van der Waals surface area contributed by atoms with Crippen LogP contribution in [-0.2, 0) is 13.1 Å². The van der Waals surface area contributed by atoms with Gasteiger partial charge in [0.1, 0.15) is 5.82 Å². The van der Waals surface area contributed by atoms with Crippen LogP contribution in [0.4, 0.5) is 4.39 Å². The van der Waals surface area contributed by atoms with Crippen LogP contribution in [0, 0.1) is 12.7 Å². The summed E-state index contributed by atoms with van der Waals surface area (Å²) in [5.74, 6) is 0.518. The molecule has 0 N–H and O–H groups in total. The predicted molar refractivity (Wildman–Crippen MR) is 110 cm³/mol. The second-order valence-electron chi connectivity index (χ2n) is 7.01. The normalized spacial score (nSPS) is 11.3. The van der Waals surface area contributed by atoms with Gasteiger partial charge in [0.2, 0.25) is 0 Å². The molecule has 0 fully saturated rings. The van der Waals surface area contributed by atoms with Crippen molar-refractivity contribution in [2.45, 2.75) is 20.0 Å². The monoisotopic (exact) mass is 410 g/mol. The van der Waals surface area contributed by atoms with Gasteiger partial charge < -0.3 is 4.52 Å². The molecule has 0 unspecified atom stereocenters. The summed E-state index contributed by atoms with van der Waals surface area (Å²) < 4.78 is 20.4. The highest BCUT2D eigenvalue weighted by Gasteiger charge is 2.17. The van der Waals surface area contributed by atoms with Gasteiger partial charge in [0.05, 0.1) is 28.6 Å². The molecular formula is C22H20ClFN4O. The molecule has 0 aliphatic heterocycles. The Labute approximate surface area is 173 Å². The SMILES string of the molecule is Cc1cc(CN(C)Cc2cn(-c3ccc(F)cc3)nc2-c2ccccc2Cl)on1. The van der Waals surface area contributed by atoms with Crippen LogP contribution in [0.15, 0.2) is 65.3 Å². The standard InChI is InChI=1S/C22H20ClFN4O/c1-15-11-19(29-26-15)14-27(2)12-16-13-28(18-9-7-17(24)8-10-18)25-22(16)20-5-3-4-6-21(20)23/h3-11,13H,12,14H2,1-2H3. The van der Waals surface area contributed by atoms with Crippen LogP contribution < -0.4 is 0 Å². The molecule has 5 nitrogen and oxygen atoms in total. The summed E-state index contributed by atoms with van der Waals surface area (Å²) in [5, 5.41) is 9.32. The van der Waals surface area contributed by atoms with E-state index in [9.17, 15) is 4.39 Å². The van der Waals surface area contributed by atoms with Crippen LogP contribution in [0.25, 0.3) is 16.9 Å². The summed E-state index contributed by atoms with van der Waals surface area (Å²) in [6.45, 7) is 3.14. The number of benzene rings is 2. The Hall–Kier alpha value is -2.96. The summed E-state index contributed by atoms with van der Waals surface area (Å²) in [6, 6.07) is 15.8. The van der Waals surface area contributed by atoms with Crippen molar-refractivity contribution in [2.75, 3.05) is 7.05 Å². The maximum absolute atomic E-state index is 13.3. The van der Waals surface area contributed by atoms with E-state index in [0.29, 0.717) is 18.1 Å². The van der Waals surface area contributed by atoms with Gasteiger partial charge in [0, 0.05) is 29.9 Å². The number of hydrogen-bond donors (Lipinski definition) is 0. The number of aryl methyl sites for hydroxylation is 1. The molecule has 4 rings (SSSR count). The Morgan fingerprint density at radius 1 is 1.10 bits per heavy atom. The lowest BCUT2D eigenvalue weighted by Gasteiger charge is -2.14. The third-order valence-corrected chi connectivity index (χ3v) is 4.88. The van der Waals surface area contributed by atoms with Crippen molar-refractivity contribution in [1.29, 1.82) is 0 Å². The van der Waals surface area contributed by atoms with E-state index >= 15 is 0 Å². The molecule has 0 atom stereocenters. The minimum atomic E-state index is -0.283. The van der Waals surface area contributed by atoms with Gasteiger partial charge in [-0.2, -0.15) is 5.10 Å². The first-order valence-corrected chi connectivity index (χ1v) is 9.57. The van der Waals surface area contributed by atoms with Crippen LogP contribution in [0.1, 0.15) is 17.0 Å². The van der Waals surface area contributed by atoms with E-state index in [0.717, 1.165) is 34.0 Å². The maximum Gasteiger partial charge on any atom is 0.150 e. The third kappa shape index (κ3) is 4.39. The van der Waals surface area contributed by atoms with Gasteiger partial charge in [-0.1, -0.05) is 35.0 Å². The smallest absolute Gasteiger partial charge is 0.150 e. The lowest BCUT2D eigenvalue weighted by Crippen LogP contribution is -2.17. The molecule has 7 heteroatoms. The average molecular weight is 411 g/mol. The molecule has 2 aromatic carbocycles. The van der Waals surface area contributed by atoms with E-state index in [1.54, 1.807) is 16.8 Å². The van der Waals surface area contributed by atoms with Crippen molar-refractivity contribution in [3.8, 4) is 16.9 Å². The fourth-order valence-electron chi connectivity index (χ4n) is 3.24. The quantitative estimate of drug-likeness (QED) is 0.435. The molecule has 0 aliphatic carbocycles. The van der Waals surface area contributed by atoms with E-state index in [4.69, 9.17) is 21.2 Å². The van der Waals surface area contributed by atoms with Gasteiger partial charge in [0.25, 0.3) is 0 Å². The Kier molecular flexibility index (Phi) is 5.47. The molecule has 0 bridgehead atoms. The molecule has 2 aromatic heterocycles. The maximum atomic E-state index is 13.3. The topological polar surface area (TPSA) is 47.1 Å². The average Bonchev–Trinajstić information content (AvgIpc) is 3.29. The summed E-state index contributed by atoms with van der Waals surface area (Å²) in [4.78, 5) is 2.12. The zero-order chi connectivity index (χ0) is 20.4. The van der Waals surface area contributed by atoms with Gasteiger partial charge in [-0.25, -0.2) is 9.07 Å². The van der Waals surface area contributed by atoms with E-state index in [1.807, 2.05) is 50.5 Å². The van der Waals surface area contributed by atoms with E-state index in [1.165, 1.54) is 12.1 Å². The van der Waals surface area contributed by atoms with Crippen molar-refractivity contribution in [1.82, 2.24) is 19.8 Å². The second kappa shape index (κ2) is 8.19. The Balaban J connectivity index is 1.68. The zero-order valence-electron chi connectivity index (χ0n) is 16.1. The van der Waals surface area contributed by atoms with E-state index in [2.05, 4.69) is 10.1 Å². The summed E-state index contributed by atoms with van der Waals surface area (Å²) in [7, 11) is 2.00. The van der Waals surface area contributed by atoms with Gasteiger partial charge in [-0.15, -0.1) is 0 Å².